The quantitative estimate of drug-likeness (QED) is 0.310. The predicted molar refractivity (Wildman–Crippen MR) is 156 cm³/mol. The van der Waals surface area contributed by atoms with Crippen LogP contribution >= 0.6 is 0 Å². The lowest BCUT2D eigenvalue weighted by Gasteiger charge is -2.60. The van der Waals surface area contributed by atoms with Crippen LogP contribution in [-0.2, 0) is 22.4 Å². The average Bonchev–Trinajstić information content (AvgIpc) is 2.83. The lowest BCUT2D eigenvalue weighted by atomic mass is 9.42. The number of hydrogen-bond donors (Lipinski definition) is 0. The van der Waals surface area contributed by atoms with E-state index in [1.165, 1.54) is 34.8 Å². The zero-order valence-corrected chi connectivity index (χ0v) is 23.9. The summed E-state index contributed by atoms with van der Waals surface area (Å²) in [6.45, 7) is 19.1. The van der Waals surface area contributed by atoms with Gasteiger partial charge in [0.2, 0.25) is 0 Å². The minimum absolute atomic E-state index is 0.0147. The Morgan fingerprint density at radius 3 is 2.34 bits per heavy atom. The fourth-order valence-electron chi connectivity index (χ4n) is 8.12. The van der Waals surface area contributed by atoms with Crippen molar-refractivity contribution in [2.24, 2.45) is 16.2 Å². The molecule has 38 heavy (non-hydrogen) atoms. The largest absolute Gasteiger partial charge is 0.294 e. The molecule has 0 N–H and O–H groups in total. The molecule has 194 valence electrons. The highest BCUT2D eigenvalue weighted by molar-refractivity contribution is 6.23. The molecule has 0 saturated heterocycles. The monoisotopic (exact) mass is 502 g/mol. The third-order valence-electron chi connectivity index (χ3n) is 9.88. The van der Waals surface area contributed by atoms with Crippen LogP contribution in [0.1, 0.15) is 82.2 Å². The molecule has 3 atom stereocenters. The summed E-state index contributed by atoms with van der Waals surface area (Å²) in [6, 6.07) is 14.7. The molecule has 0 unspecified atom stereocenters. The summed E-state index contributed by atoms with van der Waals surface area (Å²) >= 11 is 0. The van der Waals surface area contributed by atoms with Crippen LogP contribution in [0.2, 0.25) is 0 Å². The van der Waals surface area contributed by atoms with E-state index in [-0.39, 0.29) is 22.4 Å². The van der Waals surface area contributed by atoms with Crippen molar-refractivity contribution in [3.63, 3.8) is 0 Å². The lowest BCUT2D eigenvalue weighted by Crippen LogP contribution is -2.56. The minimum atomic E-state index is -0.732. The Balaban J connectivity index is 1.66. The van der Waals surface area contributed by atoms with Crippen LogP contribution in [0.15, 0.2) is 71.3 Å². The first-order chi connectivity index (χ1) is 17.8. The molecule has 0 aromatic heterocycles. The molecule has 0 bridgehead atoms. The molecule has 2 heteroatoms. The number of rotatable bonds is 2. The Morgan fingerprint density at radius 1 is 1.00 bits per heavy atom. The first-order valence-corrected chi connectivity index (χ1v) is 13.7. The molecular formula is C36H38O2. The fourth-order valence-corrected chi connectivity index (χ4v) is 8.12. The van der Waals surface area contributed by atoms with Crippen LogP contribution in [0.3, 0.4) is 0 Å². The van der Waals surface area contributed by atoms with Crippen LogP contribution in [0.4, 0.5) is 0 Å². The second-order valence-corrected chi connectivity index (χ2v) is 12.5. The zero-order chi connectivity index (χ0) is 27.6. The minimum Gasteiger partial charge on any atom is -0.294 e. The maximum absolute atomic E-state index is 14.1. The van der Waals surface area contributed by atoms with Gasteiger partial charge in [0, 0.05) is 12.0 Å². The van der Waals surface area contributed by atoms with E-state index in [4.69, 9.17) is 0 Å². The van der Waals surface area contributed by atoms with Gasteiger partial charge in [-0.25, -0.2) is 0 Å². The van der Waals surface area contributed by atoms with E-state index in [1.807, 2.05) is 13.0 Å². The fraction of sp³-hybridized carbons (Fsp3) is 0.389. The summed E-state index contributed by atoms with van der Waals surface area (Å²) < 4.78 is 0. The predicted octanol–water partition coefficient (Wildman–Crippen LogP) is 7.78. The Kier molecular flexibility index (Phi) is 6.07. The first-order valence-electron chi connectivity index (χ1n) is 13.7. The lowest BCUT2D eigenvalue weighted by molar-refractivity contribution is -0.134. The Labute approximate surface area is 227 Å². The van der Waals surface area contributed by atoms with Gasteiger partial charge in [0.25, 0.3) is 0 Å². The number of allylic oxidation sites excluding steroid dienone is 5. The Hall–Kier alpha value is -3.44. The summed E-state index contributed by atoms with van der Waals surface area (Å²) in [4.78, 5) is 26.6. The Morgan fingerprint density at radius 2 is 1.68 bits per heavy atom. The van der Waals surface area contributed by atoms with E-state index in [0.717, 1.165) is 41.5 Å². The number of aryl methyl sites for hydroxylation is 1. The highest BCUT2D eigenvalue weighted by Gasteiger charge is 2.62. The third kappa shape index (κ3) is 3.63. The van der Waals surface area contributed by atoms with Crippen molar-refractivity contribution in [2.75, 3.05) is 0 Å². The number of carbonyl (C=O) groups excluding carboxylic acids is 2. The van der Waals surface area contributed by atoms with E-state index in [1.54, 1.807) is 0 Å². The van der Waals surface area contributed by atoms with Crippen LogP contribution in [-0.4, -0.2) is 11.6 Å². The molecular weight excluding hydrogens is 464 g/mol. The van der Waals surface area contributed by atoms with Crippen molar-refractivity contribution in [2.45, 2.75) is 74.1 Å². The molecule has 0 fully saturated rings. The van der Waals surface area contributed by atoms with E-state index in [0.29, 0.717) is 12.0 Å². The molecule has 3 aliphatic carbocycles. The summed E-state index contributed by atoms with van der Waals surface area (Å²) in [7, 11) is 0. The van der Waals surface area contributed by atoms with Gasteiger partial charge in [0.1, 0.15) is 0 Å². The van der Waals surface area contributed by atoms with Gasteiger partial charge < -0.3 is 0 Å². The Bertz CT molecular complexity index is 1540. The van der Waals surface area contributed by atoms with E-state index < -0.39 is 5.41 Å². The standard InChI is InChI=1S/C36H38O2/c1-22-17-18-28(16-12-15-27-13-10-9-11-14-27)29-20-34(6)21-35(7)19-23(2)31(26(5)37)33(38)36(35,8)25(4)32(34)24(3)30(22)29/h9-11,13-14,17-18H,3,15,19-21H2,1-2,4-8H3/t34-,35+,36+/m1/s1. The maximum Gasteiger partial charge on any atom is 0.176 e. The average molecular weight is 503 g/mol. The molecule has 2 aromatic carbocycles. The number of Topliss-reactive ketones (excluding diaryl/α,β-unsaturated/α-hetero) is 2. The van der Waals surface area contributed by atoms with Gasteiger partial charge in [-0.3, -0.25) is 9.59 Å². The SMILES string of the molecule is C=C1C2=C(C)[C@@]3(C)C(=O)C(C(C)=O)=C(C)C[C@@]3(C)C[C@@]2(C)Cc2c(C#CCc3ccccc3)ccc(C)c21. The normalized spacial score (nSPS) is 28.3. The van der Waals surface area contributed by atoms with Crippen LogP contribution in [0.5, 0.6) is 0 Å². The molecule has 5 rings (SSSR count). The van der Waals surface area contributed by atoms with E-state index in [2.05, 4.69) is 89.4 Å². The number of ketones is 2. The van der Waals surface area contributed by atoms with Crippen molar-refractivity contribution in [1.29, 1.82) is 0 Å². The molecule has 0 spiro atoms. The third-order valence-corrected chi connectivity index (χ3v) is 9.88. The molecule has 0 radical (unpaired) electrons. The van der Waals surface area contributed by atoms with Gasteiger partial charge in [0.05, 0.1) is 11.0 Å². The second-order valence-electron chi connectivity index (χ2n) is 12.5. The highest BCUT2D eigenvalue weighted by Crippen LogP contribution is 2.67. The summed E-state index contributed by atoms with van der Waals surface area (Å²) in [6.07, 6.45) is 3.20. The van der Waals surface area contributed by atoms with Crippen molar-refractivity contribution in [3.8, 4) is 11.8 Å². The molecule has 0 heterocycles. The molecule has 2 aromatic rings. The van der Waals surface area contributed by atoms with Crippen LogP contribution in [0.25, 0.3) is 5.57 Å². The van der Waals surface area contributed by atoms with Crippen LogP contribution < -0.4 is 0 Å². The van der Waals surface area contributed by atoms with Gasteiger partial charge in [-0.1, -0.05) is 79.8 Å². The maximum atomic E-state index is 14.1. The molecule has 0 saturated carbocycles. The van der Waals surface area contributed by atoms with Gasteiger partial charge in [-0.05, 0) is 104 Å². The van der Waals surface area contributed by atoms with Gasteiger partial charge in [0.15, 0.2) is 11.6 Å². The smallest absolute Gasteiger partial charge is 0.176 e. The molecule has 2 nitrogen and oxygen atoms in total. The summed E-state index contributed by atoms with van der Waals surface area (Å²) in [5.74, 6) is 6.76. The van der Waals surface area contributed by atoms with E-state index >= 15 is 0 Å². The molecule has 3 aliphatic rings. The molecule has 0 amide bonds. The van der Waals surface area contributed by atoms with Crippen molar-refractivity contribution in [1.82, 2.24) is 0 Å². The van der Waals surface area contributed by atoms with Gasteiger partial charge in [-0.15, -0.1) is 0 Å². The van der Waals surface area contributed by atoms with Gasteiger partial charge >= 0.3 is 0 Å². The number of carbonyl (C=O) groups is 2. The van der Waals surface area contributed by atoms with Gasteiger partial charge in [-0.2, -0.15) is 0 Å². The topological polar surface area (TPSA) is 34.1 Å². The van der Waals surface area contributed by atoms with Crippen molar-refractivity contribution < 1.29 is 9.59 Å². The summed E-state index contributed by atoms with van der Waals surface area (Å²) in [5.41, 5.74) is 9.40. The molecule has 0 aliphatic heterocycles. The number of fused-ring (bicyclic) bond motifs is 3. The van der Waals surface area contributed by atoms with Crippen molar-refractivity contribution >= 4 is 17.1 Å². The number of hydrogen-bond acceptors (Lipinski definition) is 2. The van der Waals surface area contributed by atoms with E-state index in [9.17, 15) is 9.59 Å². The number of benzene rings is 2. The second kappa shape index (κ2) is 8.81. The summed E-state index contributed by atoms with van der Waals surface area (Å²) in [5, 5.41) is 0. The van der Waals surface area contributed by atoms with Crippen molar-refractivity contribution in [3.05, 3.63) is 99.2 Å². The highest BCUT2D eigenvalue weighted by atomic mass is 16.1. The first kappa shape index (κ1) is 26.2. The zero-order valence-electron chi connectivity index (χ0n) is 23.9. The van der Waals surface area contributed by atoms with Crippen LogP contribution in [0, 0.1) is 35.0 Å².